The van der Waals surface area contributed by atoms with Crippen LogP contribution in [0.25, 0.3) is 0 Å². The molecule has 0 aliphatic rings. The van der Waals surface area contributed by atoms with Gasteiger partial charge in [-0.3, -0.25) is 4.79 Å². The largest absolute Gasteiger partial charge is 0.381 e. The average Bonchev–Trinajstić information content (AvgIpc) is 2.82. The molecule has 0 bridgehead atoms. The summed E-state index contributed by atoms with van der Waals surface area (Å²) >= 11 is 0. The van der Waals surface area contributed by atoms with Crippen molar-refractivity contribution in [2.24, 2.45) is 5.73 Å². The summed E-state index contributed by atoms with van der Waals surface area (Å²) in [6.07, 6.45) is 5.15. The summed E-state index contributed by atoms with van der Waals surface area (Å²) in [6.45, 7) is 5.33. The maximum atomic E-state index is 11.7. The van der Waals surface area contributed by atoms with Gasteiger partial charge in [-0.2, -0.15) is 0 Å². The molecule has 18 heavy (non-hydrogen) atoms. The Morgan fingerprint density at radius 2 is 2.39 bits per heavy atom. The molecule has 0 atom stereocenters. The van der Waals surface area contributed by atoms with E-state index in [1.54, 1.807) is 17.1 Å². The van der Waals surface area contributed by atoms with Crippen molar-refractivity contribution in [1.29, 1.82) is 0 Å². The molecular formula is C12H22N4O2. The number of nitrogens with one attached hydrogen (secondary N) is 1. The zero-order valence-electron chi connectivity index (χ0n) is 10.9. The highest BCUT2D eigenvalue weighted by Crippen LogP contribution is 1.96. The number of carbonyl (C=O) groups is 1. The number of amides is 1. The lowest BCUT2D eigenvalue weighted by atomic mass is 10.4. The van der Waals surface area contributed by atoms with Crippen molar-refractivity contribution in [3.63, 3.8) is 0 Å². The van der Waals surface area contributed by atoms with Gasteiger partial charge in [-0.05, 0) is 12.8 Å². The summed E-state index contributed by atoms with van der Waals surface area (Å²) in [7, 11) is 0. The topological polar surface area (TPSA) is 82.2 Å². The van der Waals surface area contributed by atoms with Crippen LogP contribution in [0.5, 0.6) is 0 Å². The Bertz CT molecular complexity index is 352. The van der Waals surface area contributed by atoms with E-state index in [4.69, 9.17) is 10.5 Å². The summed E-state index contributed by atoms with van der Waals surface area (Å²) in [5.41, 5.74) is 5.85. The zero-order chi connectivity index (χ0) is 13.2. The van der Waals surface area contributed by atoms with E-state index in [2.05, 4.69) is 17.2 Å². The number of nitrogens with two attached hydrogens (primary N) is 1. The number of carbonyl (C=O) groups excluding carboxylic acids is 1. The molecule has 0 spiro atoms. The Hall–Kier alpha value is -1.40. The lowest BCUT2D eigenvalue weighted by Gasteiger charge is -2.04. The van der Waals surface area contributed by atoms with Gasteiger partial charge in [0.25, 0.3) is 5.91 Å². The molecule has 1 aromatic rings. The van der Waals surface area contributed by atoms with Gasteiger partial charge in [0.15, 0.2) is 0 Å². The van der Waals surface area contributed by atoms with E-state index < -0.39 is 0 Å². The van der Waals surface area contributed by atoms with Crippen molar-refractivity contribution >= 4 is 5.91 Å². The van der Waals surface area contributed by atoms with Gasteiger partial charge in [0.2, 0.25) is 0 Å². The van der Waals surface area contributed by atoms with Crippen molar-refractivity contribution in [3.05, 3.63) is 18.2 Å². The van der Waals surface area contributed by atoms with E-state index in [9.17, 15) is 4.79 Å². The predicted octanol–water partition coefficient (Wildman–Crippen LogP) is 0.388. The highest BCUT2D eigenvalue weighted by molar-refractivity contribution is 5.91. The van der Waals surface area contributed by atoms with E-state index in [0.29, 0.717) is 31.9 Å². The fourth-order valence-electron chi connectivity index (χ4n) is 1.46. The number of aromatic nitrogens is 2. The van der Waals surface area contributed by atoms with Crippen molar-refractivity contribution in [2.45, 2.75) is 26.3 Å². The van der Waals surface area contributed by atoms with Crippen molar-refractivity contribution < 1.29 is 9.53 Å². The summed E-state index contributed by atoms with van der Waals surface area (Å²) < 4.78 is 7.13. The van der Waals surface area contributed by atoms with Crippen LogP contribution in [-0.2, 0) is 11.3 Å². The molecule has 6 nitrogen and oxygen atoms in total. The molecule has 0 saturated heterocycles. The van der Waals surface area contributed by atoms with Crippen LogP contribution in [0.4, 0.5) is 0 Å². The van der Waals surface area contributed by atoms with Gasteiger partial charge < -0.3 is 20.4 Å². The monoisotopic (exact) mass is 254 g/mol. The normalized spacial score (nSPS) is 10.6. The molecule has 0 radical (unpaired) electrons. The van der Waals surface area contributed by atoms with Gasteiger partial charge in [0.1, 0.15) is 5.69 Å². The Kier molecular flexibility index (Phi) is 7.05. The molecule has 0 unspecified atom stereocenters. The second kappa shape index (κ2) is 8.66. The van der Waals surface area contributed by atoms with Crippen LogP contribution < -0.4 is 11.1 Å². The third-order valence-corrected chi connectivity index (χ3v) is 2.35. The van der Waals surface area contributed by atoms with Crippen LogP contribution in [0.3, 0.4) is 0 Å². The van der Waals surface area contributed by atoms with E-state index >= 15 is 0 Å². The number of nitrogens with zero attached hydrogens (tertiary/aromatic N) is 2. The van der Waals surface area contributed by atoms with Crippen LogP contribution in [-0.4, -0.2) is 41.8 Å². The van der Waals surface area contributed by atoms with Crippen LogP contribution in [0.2, 0.25) is 0 Å². The second-order valence-corrected chi connectivity index (χ2v) is 4.01. The number of ether oxygens (including phenoxy) is 1. The van der Waals surface area contributed by atoms with E-state index in [1.165, 1.54) is 0 Å². The van der Waals surface area contributed by atoms with Crippen LogP contribution >= 0.6 is 0 Å². The van der Waals surface area contributed by atoms with Gasteiger partial charge in [0.05, 0.1) is 6.33 Å². The van der Waals surface area contributed by atoms with Gasteiger partial charge in [-0.15, -0.1) is 0 Å². The minimum Gasteiger partial charge on any atom is -0.381 e. The first-order valence-electron chi connectivity index (χ1n) is 6.35. The Morgan fingerprint density at radius 1 is 1.56 bits per heavy atom. The lowest BCUT2D eigenvalue weighted by molar-refractivity contribution is 0.0937. The minimum atomic E-state index is -0.152. The van der Waals surface area contributed by atoms with E-state index in [-0.39, 0.29) is 5.91 Å². The lowest BCUT2D eigenvalue weighted by Crippen LogP contribution is -2.25. The molecule has 3 N–H and O–H groups in total. The van der Waals surface area contributed by atoms with Crippen LogP contribution in [0.15, 0.2) is 12.5 Å². The first-order valence-corrected chi connectivity index (χ1v) is 6.35. The maximum absolute atomic E-state index is 11.7. The van der Waals surface area contributed by atoms with Crippen molar-refractivity contribution in [3.8, 4) is 0 Å². The molecule has 0 aromatic carbocycles. The summed E-state index contributed by atoms with van der Waals surface area (Å²) in [4.78, 5) is 15.7. The Balaban J connectivity index is 2.19. The van der Waals surface area contributed by atoms with Crippen LogP contribution in [0, 0.1) is 0 Å². The standard InChI is InChI=1S/C12H22N4O2/c1-2-7-18-8-3-5-14-12(17)11-9-16(6-4-13)10-15-11/h9-10H,2-8,13H2,1H3,(H,14,17). The molecule has 0 aliphatic heterocycles. The molecule has 0 aliphatic carbocycles. The summed E-state index contributed by atoms with van der Waals surface area (Å²) in [6, 6.07) is 0. The Morgan fingerprint density at radius 3 is 3.11 bits per heavy atom. The molecule has 0 fully saturated rings. The molecule has 1 amide bonds. The first kappa shape index (κ1) is 14.7. The molecule has 1 heterocycles. The van der Waals surface area contributed by atoms with Gasteiger partial charge >= 0.3 is 0 Å². The number of hydrogen-bond acceptors (Lipinski definition) is 4. The smallest absolute Gasteiger partial charge is 0.271 e. The molecule has 1 aromatic heterocycles. The molecular weight excluding hydrogens is 232 g/mol. The second-order valence-electron chi connectivity index (χ2n) is 4.01. The highest BCUT2D eigenvalue weighted by Gasteiger charge is 2.07. The predicted molar refractivity (Wildman–Crippen MR) is 69.3 cm³/mol. The quantitative estimate of drug-likeness (QED) is 0.624. The van der Waals surface area contributed by atoms with Gasteiger partial charge in [-0.1, -0.05) is 6.92 Å². The van der Waals surface area contributed by atoms with E-state index in [1.807, 2.05) is 0 Å². The number of rotatable bonds is 9. The zero-order valence-corrected chi connectivity index (χ0v) is 10.9. The third-order valence-electron chi connectivity index (χ3n) is 2.35. The minimum absolute atomic E-state index is 0.152. The first-order chi connectivity index (χ1) is 8.77. The SMILES string of the molecule is CCCOCCCNC(=O)c1cn(CCN)cn1. The fraction of sp³-hybridized carbons (Fsp3) is 0.667. The maximum Gasteiger partial charge on any atom is 0.271 e. The van der Waals surface area contributed by atoms with Gasteiger partial charge in [0, 0.05) is 39.0 Å². The molecule has 1 rings (SSSR count). The number of hydrogen-bond donors (Lipinski definition) is 2. The Labute approximate surface area is 108 Å². The molecule has 102 valence electrons. The van der Waals surface area contributed by atoms with Crippen LogP contribution in [0.1, 0.15) is 30.3 Å². The number of imidazole rings is 1. The summed E-state index contributed by atoms with van der Waals surface area (Å²) in [5, 5.41) is 2.81. The molecule has 0 saturated carbocycles. The average molecular weight is 254 g/mol. The van der Waals surface area contributed by atoms with E-state index in [0.717, 1.165) is 19.4 Å². The third kappa shape index (κ3) is 5.29. The van der Waals surface area contributed by atoms with Crippen molar-refractivity contribution in [2.75, 3.05) is 26.3 Å². The molecule has 6 heteroatoms. The summed E-state index contributed by atoms with van der Waals surface area (Å²) in [5.74, 6) is -0.152. The van der Waals surface area contributed by atoms with Gasteiger partial charge in [-0.25, -0.2) is 4.98 Å². The fourth-order valence-corrected chi connectivity index (χ4v) is 1.46. The van der Waals surface area contributed by atoms with Crippen molar-refractivity contribution in [1.82, 2.24) is 14.9 Å². The highest BCUT2D eigenvalue weighted by atomic mass is 16.5.